The van der Waals surface area contributed by atoms with Gasteiger partial charge in [0.25, 0.3) is 0 Å². The van der Waals surface area contributed by atoms with Crippen molar-refractivity contribution in [2.45, 2.75) is 79.3 Å². The third-order valence-corrected chi connectivity index (χ3v) is 7.36. The van der Waals surface area contributed by atoms with Gasteiger partial charge < -0.3 is 9.13 Å². The fraction of sp³-hybridized carbons (Fsp3) is 0.300. The second-order valence-electron chi connectivity index (χ2n) is 11.6. The van der Waals surface area contributed by atoms with E-state index < -0.39 is 23.3 Å². The Balaban J connectivity index is 0.000000248. The van der Waals surface area contributed by atoms with Gasteiger partial charge in [0.1, 0.15) is 0 Å². The van der Waals surface area contributed by atoms with E-state index in [2.05, 4.69) is 73.3 Å². The van der Waals surface area contributed by atoms with Crippen LogP contribution in [0.3, 0.4) is 0 Å². The van der Waals surface area contributed by atoms with Crippen LogP contribution in [-0.2, 0) is 34.8 Å². The molecule has 2 aliphatic carbocycles. The minimum Gasteiger partial charge on any atom is -0.356 e. The third-order valence-electron chi connectivity index (χ3n) is 7.36. The molecule has 0 unspecified atom stereocenters. The van der Waals surface area contributed by atoms with E-state index in [1.165, 1.54) is 24.3 Å². The first-order valence-corrected chi connectivity index (χ1v) is 15.5. The molecule has 0 fully saturated rings. The van der Waals surface area contributed by atoms with Crippen molar-refractivity contribution in [2.75, 3.05) is 0 Å². The Morgan fingerprint density at radius 1 is 0.596 bits per heavy atom. The molecule has 0 aliphatic heterocycles. The molecule has 0 spiro atoms. The standard InChI is InChI=1S/2C15H16F2N.2C5H5.Ti/c2*1-10(2)15-7-4-11(3)18(15)9-12-5-6-13(16)8-14(12)17;2*1-2-4-5-3-1;/h2*4-7,10H,9H2,1-3H3;2*1-3H,4H2;/q4*-1;+4. The van der Waals surface area contributed by atoms with Crippen molar-refractivity contribution in [3.8, 4) is 0 Å². The normalized spacial score (nSPS) is 12.3. The van der Waals surface area contributed by atoms with Gasteiger partial charge in [0.15, 0.2) is 0 Å². The molecule has 2 aromatic heterocycles. The van der Waals surface area contributed by atoms with Crippen molar-refractivity contribution in [2.24, 2.45) is 0 Å². The van der Waals surface area contributed by atoms with Crippen LogP contribution in [0, 0.1) is 61.4 Å². The molecule has 7 heteroatoms. The summed E-state index contributed by atoms with van der Waals surface area (Å²) in [4.78, 5) is 0. The molecule has 2 nitrogen and oxygen atoms in total. The molecule has 0 saturated heterocycles. The molecular formula is C40H42F4N2Ti. The summed E-state index contributed by atoms with van der Waals surface area (Å²) in [5, 5.41) is 0. The predicted molar refractivity (Wildman–Crippen MR) is 178 cm³/mol. The summed E-state index contributed by atoms with van der Waals surface area (Å²) in [5.74, 6) is -1.82. The first kappa shape index (κ1) is 39.6. The summed E-state index contributed by atoms with van der Waals surface area (Å²) < 4.78 is 56.9. The van der Waals surface area contributed by atoms with E-state index >= 15 is 0 Å². The molecule has 47 heavy (non-hydrogen) atoms. The maximum atomic E-state index is 13.6. The van der Waals surface area contributed by atoms with E-state index in [1.807, 2.05) is 62.4 Å². The Kier molecular flexibility index (Phi) is 16.8. The smallest absolute Gasteiger partial charge is 0.356 e. The van der Waals surface area contributed by atoms with Gasteiger partial charge in [-0.2, -0.15) is 24.3 Å². The summed E-state index contributed by atoms with van der Waals surface area (Å²) in [5.41, 5.74) is 5.35. The second-order valence-corrected chi connectivity index (χ2v) is 11.6. The van der Waals surface area contributed by atoms with E-state index in [1.54, 1.807) is 0 Å². The van der Waals surface area contributed by atoms with Gasteiger partial charge in [-0.05, 0) is 49.9 Å². The molecule has 0 bridgehead atoms. The van der Waals surface area contributed by atoms with E-state index in [0.29, 0.717) is 36.1 Å². The molecule has 4 aromatic rings. The summed E-state index contributed by atoms with van der Waals surface area (Å²) in [7, 11) is 0. The first-order chi connectivity index (χ1) is 22.0. The molecule has 0 N–H and O–H groups in total. The van der Waals surface area contributed by atoms with Crippen molar-refractivity contribution < 1.29 is 39.3 Å². The van der Waals surface area contributed by atoms with E-state index in [9.17, 15) is 17.6 Å². The molecule has 0 atom stereocenters. The van der Waals surface area contributed by atoms with Gasteiger partial charge in [-0.3, -0.25) is 12.2 Å². The predicted octanol–water partition coefficient (Wildman–Crippen LogP) is 10.7. The zero-order chi connectivity index (χ0) is 33.6. The van der Waals surface area contributed by atoms with Gasteiger partial charge in [-0.15, -0.1) is 48.2 Å². The van der Waals surface area contributed by atoms with Crippen molar-refractivity contribution in [1.82, 2.24) is 9.13 Å². The quantitative estimate of drug-likeness (QED) is 0.109. The van der Waals surface area contributed by atoms with Gasteiger partial charge >= 0.3 is 21.7 Å². The third kappa shape index (κ3) is 12.5. The molecule has 244 valence electrons. The first-order valence-electron chi connectivity index (χ1n) is 15.5. The number of allylic oxidation sites excluding steroid dienone is 8. The number of hydrogen-bond donors (Lipinski definition) is 0. The summed E-state index contributed by atoms with van der Waals surface area (Å²) in [6.07, 6.45) is 20.0. The van der Waals surface area contributed by atoms with Crippen LogP contribution in [0.25, 0.3) is 0 Å². The van der Waals surface area contributed by atoms with Crippen LogP contribution in [0.1, 0.15) is 86.3 Å². The zero-order valence-corrected chi connectivity index (χ0v) is 29.5. The fourth-order valence-corrected chi connectivity index (χ4v) is 4.83. The summed E-state index contributed by atoms with van der Waals surface area (Å²) in [6.45, 7) is 13.2. The number of hydrogen-bond acceptors (Lipinski definition) is 0. The van der Waals surface area contributed by atoms with Crippen molar-refractivity contribution in [1.29, 1.82) is 0 Å². The van der Waals surface area contributed by atoms with Crippen LogP contribution in [0.2, 0.25) is 0 Å². The van der Waals surface area contributed by atoms with Gasteiger partial charge in [-0.25, -0.2) is 41.9 Å². The molecule has 0 saturated carbocycles. The van der Waals surface area contributed by atoms with Crippen molar-refractivity contribution >= 4 is 0 Å². The largest absolute Gasteiger partial charge is 4.00 e. The molecule has 0 amide bonds. The Morgan fingerprint density at radius 2 is 0.979 bits per heavy atom. The van der Waals surface area contributed by atoms with Crippen molar-refractivity contribution in [3.05, 3.63) is 166 Å². The number of rotatable bonds is 6. The Bertz CT molecular complexity index is 1530. The van der Waals surface area contributed by atoms with Gasteiger partial charge in [-0.1, -0.05) is 27.7 Å². The van der Waals surface area contributed by atoms with Crippen LogP contribution in [0.15, 0.2) is 85.0 Å². The number of aromatic nitrogens is 2. The minimum absolute atomic E-state index is 0. The zero-order valence-electron chi connectivity index (χ0n) is 28.0. The fourth-order valence-electron chi connectivity index (χ4n) is 4.83. The van der Waals surface area contributed by atoms with Crippen LogP contribution >= 0.6 is 0 Å². The second kappa shape index (κ2) is 19.9. The van der Waals surface area contributed by atoms with Gasteiger partial charge in [0, 0.05) is 59.1 Å². The number of aryl methyl sites for hydroxylation is 2. The van der Waals surface area contributed by atoms with Gasteiger partial charge in [0.05, 0.1) is 0 Å². The monoisotopic (exact) mass is 674 g/mol. The number of benzene rings is 2. The van der Waals surface area contributed by atoms with Crippen LogP contribution in [0.5, 0.6) is 0 Å². The Labute approximate surface area is 293 Å². The Morgan fingerprint density at radius 3 is 1.23 bits per heavy atom. The number of halogens is 4. The van der Waals surface area contributed by atoms with Crippen LogP contribution < -0.4 is 0 Å². The number of nitrogens with zero attached hydrogens (tertiary/aromatic N) is 2. The molecular weight excluding hydrogens is 632 g/mol. The van der Waals surface area contributed by atoms with Gasteiger partial charge in [0.2, 0.25) is 0 Å². The van der Waals surface area contributed by atoms with Crippen LogP contribution in [0.4, 0.5) is 17.6 Å². The average Bonchev–Trinajstić information content (AvgIpc) is 3.84. The molecule has 0 radical (unpaired) electrons. The van der Waals surface area contributed by atoms with Crippen LogP contribution in [-0.4, -0.2) is 9.13 Å². The summed E-state index contributed by atoms with van der Waals surface area (Å²) in [6, 6.07) is 17.7. The van der Waals surface area contributed by atoms with E-state index in [-0.39, 0.29) is 21.7 Å². The molecule has 2 heterocycles. The van der Waals surface area contributed by atoms with E-state index in [0.717, 1.165) is 35.6 Å². The Hall–Kier alpha value is -3.61. The average molecular weight is 675 g/mol. The summed E-state index contributed by atoms with van der Waals surface area (Å²) >= 11 is 0. The SMILES string of the molecule is Cc1ccc(C(C)C)n1Cc1ccc(F)[c-]c1F.Cc1ccc(C(C)C)n1Cc1ccc(F)[c-]c1F.[C-]1=CC=CC1.[C-]1=CC=CC1.[Ti+4]. The maximum absolute atomic E-state index is 13.6. The van der Waals surface area contributed by atoms with E-state index in [4.69, 9.17) is 0 Å². The van der Waals surface area contributed by atoms with Crippen molar-refractivity contribution in [3.63, 3.8) is 0 Å². The molecule has 2 aliphatic rings. The molecule has 6 rings (SSSR count). The minimum atomic E-state index is -0.662. The maximum Gasteiger partial charge on any atom is 4.00 e. The topological polar surface area (TPSA) is 9.86 Å². The molecule has 2 aromatic carbocycles.